The van der Waals surface area contributed by atoms with Gasteiger partial charge < -0.3 is 48.1 Å². The molecule has 0 saturated carbocycles. The summed E-state index contributed by atoms with van der Waals surface area (Å²) in [5.74, 6) is 0. The summed E-state index contributed by atoms with van der Waals surface area (Å²) in [6, 6.07) is 0. The van der Waals surface area contributed by atoms with Crippen LogP contribution in [0.1, 0.15) is 48.5 Å². The molecule has 0 aromatic carbocycles. The van der Waals surface area contributed by atoms with E-state index in [9.17, 15) is 10.2 Å². The summed E-state index contributed by atoms with van der Waals surface area (Å²) in [6.07, 6.45) is -12.6. The fourth-order valence-electron chi connectivity index (χ4n) is 2.45. The van der Waals surface area contributed by atoms with Crippen LogP contribution in [0.2, 0.25) is 0 Å². The summed E-state index contributed by atoms with van der Waals surface area (Å²) >= 11 is 0. The topological polar surface area (TPSA) is 160 Å². The molecule has 0 spiro atoms. The number of aliphatic hydroxyl groups is 2. The minimum Gasteiger partial charge on any atom is -0.358 e. The molecule has 218 valence electrons. The fourth-order valence-corrected chi connectivity index (χ4v) is 2.45. The molecular weight excluding hydrogens is 492 g/mol. The van der Waals surface area contributed by atoms with Crippen LogP contribution in [0.15, 0.2) is 0 Å². The molecule has 8 unspecified atom stereocenters. The smallest absolute Gasteiger partial charge is 0.358 e. The quantitative estimate of drug-likeness (QED) is 0.190. The maximum absolute atomic E-state index is 11.1. The second kappa shape index (κ2) is 17.8. The summed E-state index contributed by atoms with van der Waals surface area (Å²) in [4.78, 5) is 0. The molecule has 2 N–H and O–H groups in total. The first kappa shape index (κ1) is 35.4. The molecule has 0 rings (SSSR count). The predicted molar refractivity (Wildman–Crippen MR) is 119 cm³/mol. The lowest BCUT2D eigenvalue weighted by Crippen LogP contribution is -2.55. The molecule has 0 aliphatic carbocycles. The van der Waals surface area contributed by atoms with Crippen molar-refractivity contribution in [2.45, 2.75) is 105 Å². The molecule has 0 radical (unpaired) electrons. The van der Waals surface area contributed by atoms with E-state index in [0.717, 1.165) is 0 Å². The van der Waals surface area contributed by atoms with Gasteiger partial charge in [-0.25, -0.2) is 4.74 Å². The summed E-state index contributed by atoms with van der Waals surface area (Å²) < 4.78 is 67.8. The number of ether oxygens (including phenoxy) is 13. The van der Waals surface area contributed by atoms with E-state index in [0.29, 0.717) is 0 Å². The molecule has 0 aliphatic rings. The van der Waals surface area contributed by atoms with Crippen LogP contribution in [0.5, 0.6) is 0 Å². The minimum absolute atomic E-state index is 0.536. The molecule has 15 nitrogen and oxygen atoms in total. The zero-order chi connectivity index (χ0) is 27.9. The van der Waals surface area contributed by atoms with E-state index < -0.39 is 63.1 Å². The molecule has 0 saturated heterocycles. The van der Waals surface area contributed by atoms with E-state index in [4.69, 9.17) is 61.6 Å². The highest BCUT2D eigenvalue weighted by Gasteiger charge is 2.49. The van der Waals surface area contributed by atoms with Crippen molar-refractivity contribution >= 4 is 0 Å². The molecule has 0 amide bonds. The highest BCUT2D eigenvalue weighted by molar-refractivity contribution is 4.50. The first-order chi connectivity index (χ1) is 16.7. The number of hydrogen-bond donors (Lipinski definition) is 2. The molecule has 15 heteroatoms. The van der Waals surface area contributed by atoms with E-state index >= 15 is 0 Å². The van der Waals surface area contributed by atoms with Crippen LogP contribution in [-0.4, -0.2) is 102 Å². The minimum atomic E-state index is -3.06. The molecule has 36 heavy (non-hydrogen) atoms. The molecule has 0 aromatic heterocycles. The number of hydrogen-bond acceptors (Lipinski definition) is 15. The van der Waals surface area contributed by atoms with Gasteiger partial charge in [-0.3, -0.25) is 18.9 Å². The molecule has 0 bridgehead atoms. The Morgan fingerprint density at radius 2 is 0.833 bits per heavy atom. The van der Waals surface area contributed by atoms with E-state index in [1.54, 1.807) is 27.7 Å². The molecular formula is C21H44O15. The molecule has 0 aromatic rings. The van der Waals surface area contributed by atoms with Crippen LogP contribution in [0.4, 0.5) is 0 Å². The Balaban J connectivity index is 5.69. The van der Waals surface area contributed by atoms with Gasteiger partial charge >= 0.3 is 12.3 Å². The van der Waals surface area contributed by atoms with Gasteiger partial charge in [0.05, 0.1) is 0 Å². The summed E-state index contributed by atoms with van der Waals surface area (Å²) in [6.45, 7) is 10.1. The van der Waals surface area contributed by atoms with Gasteiger partial charge in [-0.2, -0.15) is 0 Å². The van der Waals surface area contributed by atoms with Gasteiger partial charge in [-0.1, -0.05) is 0 Å². The predicted octanol–water partition coefficient (Wildman–Crippen LogP) is 1.31. The number of methoxy groups -OCH3 is 4. The second-order valence-corrected chi connectivity index (χ2v) is 7.28. The monoisotopic (exact) mass is 536 g/mol. The maximum atomic E-state index is 11.1. The van der Waals surface area contributed by atoms with E-state index in [1.165, 1.54) is 49.2 Å². The van der Waals surface area contributed by atoms with E-state index in [2.05, 4.69) is 0 Å². The van der Waals surface area contributed by atoms with Crippen molar-refractivity contribution in [2.24, 2.45) is 0 Å². The van der Waals surface area contributed by atoms with Gasteiger partial charge in [0.2, 0.25) is 0 Å². The van der Waals surface area contributed by atoms with Gasteiger partial charge in [0.1, 0.15) is 0 Å². The Morgan fingerprint density at radius 3 is 1.19 bits per heavy atom. The van der Waals surface area contributed by atoms with E-state index in [1.807, 2.05) is 0 Å². The normalized spacial score (nSPS) is 21.6. The highest BCUT2D eigenvalue weighted by atomic mass is 17.1. The third kappa shape index (κ3) is 15.6. The zero-order valence-electron chi connectivity index (χ0n) is 23.0. The first-order valence-electron chi connectivity index (χ1n) is 11.2. The van der Waals surface area contributed by atoms with E-state index in [-0.39, 0.29) is 0 Å². The van der Waals surface area contributed by atoms with Crippen molar-refractivity contribution in [3.05, 3.63) is 0 Å². The molecule has 8 atom stereocenters. The van der Waals surface area contributed by atoms with Crippen LogP contribution in [0.25, 0.3) is 0 Å². The second-order valence-electron chi connectivity index (χ2n) is 7.28. The molecule has 0 heterocycles. The Morgan fingerprint density at radius 1 is 0.500 bits per heavy atom. The van der Waals surface area contributed by atoms with Crippen molar-refractivity contribution < 1.29 is 71.8 Å². The average molecular weight is 537 g/mol. The van der Waals surface area contributed by atoms with Gasteiger partial charge in [-0.05, 0) is 48.5 Å². The fraction of sp³-hybridized carbons (Fsp3) is 1.00. The summed E-state index contributed by atoms with van der Waals surface area (Å²) in [7, 11) is 5.55. The van der Waals surface area contributed by atoms with Gasteiger partial charge in [0.25, 0.3) is 0 Å². The summed E-state index contributed by atoms with van der Waals surface area (Å²) in [5, 5.41) is 22.0. The lowest BCUT2D eigenvalue weighted by molar-refractivity contribution is -0.639. The van der Waals surface area contributed by atoms with Crippen LogP contribution in [0, 0.1) is 0 Å². The van der Waals surface area contributed by atoms with Gasteiger partial charge in [-0.15, -0.1) is 0 Å². The highest BCUT2D eigenvalue weighted by Crippen LogP contribution is 2.28. The Labute approximate surface area is 212 Å². The molecule has 0 aliphatic heterocycles. The standard InChI is InChI=1S/C21H44O15/c1-13(25-9)29-16(4)32-19(7)33-20(22,28-12-24-8)36-21(23,34-17(5)30-14(2)26-10)35-18(6)31-15(3)27-11/h13-19,22-23H,12H2,1-11H3. The van der Waals surface area contributed by atoms with Crippen molar-refractivity contribution in [3.63, 3.8) is 0 Å². The first-order valence-corrected chi connectivity index (χ1v) is 11.2. The Bertz CT molecular complexity index is 535. The SMILES string of the molecule is COCOC(O)(OC(C)OC(C)OC(C)OC)OC(O)(OC(C)OC(C)OC)OC(C)OC(C)OC. The lowest BCUT2D eigenvalue weighted by atomic mass is 10.6. The van der Waals surface area contributed by atoms with Crippen molar-refractivity contribution in [2.75, 3.05) is 35.2 Å². The van der Waals surface area contributed by atoms with Crippen LogP contribution >= 0.6 is 0 Å². The average Bonchev–Trinajstić information content (AvgIpc) is 2.75. The van der Waals surface area contributed by atoms with Gasteiger partial charge in [0.15, 0.2) is 50.8 Å². The number of rotatable bonds is 22. The van der Waals surface area contributed by atoms with Crippen LogP contribution in [0.3, 0.4) is 0 Å². The largest absolute Gasteiger partial charge is 0.420 e. The van der Waals surface area contributed by atoms with Crippen molar-refractivity contribution in [1.29, 1.82) is 0 Å². The lowest BCUT2D eigenvalue weighted by Gasteiger charge is -2.38. The zero-order valence-corrected chi connectivity index (χ0v) is 23.0. The van der Waals surface area contributed by atoms with Gasteiger partial charge in [0, 0.05) is 28.4 Å². The third-order valence-electron chi connectivity index (χ3n) is 4.09. The van der Waals surface area contributed by atoms with Crippen LogP contribution < -0.4 is 0 Å². The molecule has 0 fully saturated rings. The Kier molecular flexibility index (Phi) is 17.5. The third-order valence-corrected chi connectivity index (χ3v) is 4.09. The van der Waals surface area contributed by atoms with Crippen LogP contribution in [-0.2, 0) is 61.6 Å². The summed E-state index contributed by atoms with van der Waals surface area (Å²) in [5.41, 5.74) is 0. The van der Waals surface area contributed by atoms with Crippen molar-refractivity contribution in [1.82, 2.24) is 0 Å². The maximum Gasteiger partial charge on any atom is 0.420 e. The Hall–Kier alpha value is -0.600. The van der Waals surface area contributed by atoms with Crippen molar-refractivity contribution in [3.8, 4) is 0 Å².